The number of hydrogen-bond acceptors (Lipinski definition) is 4. The van der Waals surface area contributed by atoms with Crippen molar-refractivity contribution < 1.29 is 9.84 Å². The van der Waals surface area contributed by atoms with E-state index in [-0.39, 0.29) is 5.75 Å². The Morgan fingerprint density at radius 1 is 1.50 bits per heavy atom. The van der Waals surface area contributed by atoms with Crippen LogP contribution in [-0.4, -0.2) is 55.7 Å². The van der Waals surface area contributed by atoms with E-state index in [1.807, 2.05) is 6.07 Å². The molecule has 1 saturated heterocycles. The molecule has 1 fully saturated rings. The maximum absolute atomic E-state index is 10.1. The first-order valence-corrected chi connectivity index (χ1v) is 7.90. The number of allylic oxidation sites excluding steroid dienone is 1. The molecule has 22 heavy (non-hydrogen) atoms. The summed E-state index contributed by atoms with van der Waals surface area (Å²) in [7, 11) is 5.94. The highest BCUT2D eigenvalue weighted by Gasteiger charge is 2.21. The van der Waals surface area contributed by atoms with Gasteiger partial charge in [-0.25, -0.2) is 0 Å². The fraction of sp³-hybridized carbons (Fsp3) is 0.556. The van der Waals surface area contributed by atoms with E-state index >= 15 is 0 Å². The van der Waals surface area contributed by atoms with Gasteiger partial charge in [0.05, 0.1) is 7.11 Å². The summed E-state index contributed by atoms with van der Waals surface area (Å²) in [5, 5.41) is 10.1. The molecule has 1 aliphatic rings. The zero-order valence-electron chi connectivity index (χ0n) is 14.0. The quantitative estimate of drug-likeness (QED) is 0.785. The lowest BCUT2D eigenvalue weighted by molar-refractivity contribution is 0.266. The minimum absolute atomic E-state index is 0.228. The van der Waals surface area contributed by atoms with Crippen LogP contribution in [0.4, 0.5) is 0 Å². The van der Waals surface area contributed by atoms with Crippen molar-refractivity contribution in [3.8, 4) is 11.5 Å². The first-order chi connectivity index (χ1) is 10.5. The summed E-state index contributed by atoms with van der Waals surface area (Å²) >= 11 is 0. The summed E-state index contributed by atoms with van der Waals surface area (Å²) in [6.45, 7) is 8.10. The van der Waals surface area contributed by atoms with E-state index in [1.54, 1.807) is 13.2 Å². The average Bonchev–Trinajstić information content (AvgIpc) is 2.87. The number of benzene rings is 1. The van der Waals surface area contributed by atoms with E-state index in [0.29, 0.717) is 12.2 Å². The Morgan fingerprint density at radius 2 is 2.27 bits per heavy atom. The lowest BCUT2D eigenvalue weighted by atomic mass is 10.0. The molecule has 0 radical (unpaired) electrons. The fourth-order valence-electron chi connectivity index (χ4n) is 3.28. The second kappa shape index (κ2) is 7.65. The SMILES string of the molecule is C=CCc1cc(CN(C)C[C@@H]2CCN(C)C2)cc(OC)c1O. The molecule has 122 valence electrons. The van der Waals surface area contributed by atoms with E-state index in [0.717, 1.165) is 24.6 Å². The summed E-state index contributed by atoms with van der Waals surface area (Å²) in [4.78, 5) is 4.75. The van der Waals surface area contributed by atoms with Gasteiger partial charge in [-0.3, -0.25) is 0 Å². The molecule has 0 saturated carbocycles. The number of rotatable bonds is 7. The highest BCUT2D eigenvalue weighted by molar-refractivity contribution is 5.49. The first kappa shape index (κ1) is 16.8. The average molecular weight is 304 g/mol. The summed E-state index contributed by atoms with van der Waals surface area (Å²) < 4.78 is 5.29. The molecule has 1 atom stereocenters. The molecular weight excluding hydrogens is 276 g/mol. The number of methoxy groups -OCH3 is 1. The fourth-order valence-corrected chi connectivity index (χ4v) is 3.28. The molecule has 1 N–H and O–H groups in total. The van der Waals surface area contributed by atoms with Gasteiger partial charge in [-0.15, -0.1) is 6.58 Å². The van der Waals surface area contributed by atoms with Gasteiger partial charge in [-0.2, -0.15) is 0 Å². The predicted molar refractivity (Wildman–Crippen MR) is 90.5 cm³/mol. The van der Waals surface area contributed by atoms with E-state index in [1.165, 1.54) is 25.1 Å². The number of phenolic OH excluding ortho intramolecular Hbond substituents is 1. The summed E-state index contributed by atoms with van der Waals surface area (Å²) in [5.74, 6) is 1.52. The lowest BCUT2D eigenvalue weighted by Crippen LogP contribution is -2.27. The molecule has 0 amide bonds. The van der Waals surface area contributed by atoms with Crippen LogP contribution in [0.15, 0.2) is 24.8 Å². The number of aromatic hydroxyl groups is 1. The van der Waals surface area contributed by atoms with Gasteiger partial charge in [0, 0.05) is 25.2 Å². The van der Waals surface area contributed by atoms with Gasteiger partial charge in [-0.1, -0.05) is 12.1 Å². The van der Waals surface area contributed by atoms with Crippen LogP contribution < -0.4 is 4.74 Å². The van der Waals surface area contributed by atoms with Crippen molar-refractivity contribution in [1.29, 1.82) is 0 Å². The molecule has 4 nitrogen and oxygen atoms in total. The van der Waals surface area contributed by atoms with Crippen LogP contribution in [-0.2, 0) is 13.0 Å². The van der Waals surface area contributed by atoms with Gasteiger partial charge in [0.25, 0.3) is 0 Å². The predicted octanol–water partition coefficient (Wildman–Crippen LogP) is 2.51. The van der Waals surface area contributed by atoms with Crippen LogP contribution in [0, 0.1) is 5.92 Å². The molecule has 1 aromatic carbocycles. The van der Waals surface area contributed by atoms with Crippen molar-refractivity contribution in [2.45, 2.75) is 19.4 Å². The van der Waals surface area contributed by atoms with Gasteiger partial charge >= 0.3 is 0 Å². The largest absolute Gasteiger partial charge is 0.504 e. The van der Waals surface area contributed by atoms with Gasteiger partial charge in [0.15, 0.2) is 11.5 Å². The van der Waals surface area contributed by atoms with Gasteiger partial charge < -0.3 is 19.6 Å². The number of nitrogens with zero attached hydrogens (tertiary/aromatic N) is 2. The molecule has 0 aromatic heterocycles. The molecular formula is C18H28N2O2. The van der Waals surface area contributed by atoms with Crippen LogP contribution in [0.3, 0.4) is 0 Å². The number of phenols is 1. The lowest BCUT2D eigenvalue weighted by Gasteiger charge is -2.22. The minimum Gasteiger partial charge on any atom is -0.504 e. The van der Waals surface area contributed by atoms with Crippen molar-refractivity contribution in [2.75, 3.05) is 40.8 Å². The second-order valence-corrected chi connectivity index (χ2v) is 6.41. The Balaban J connectivity index is 2.04. The first-order valence-electron chi connectivity index (χ1n) is 7.90. The summed E-state index contributed by atoms with van der Waals surface area (Å²) in [5.41, 5.74) is 2.04. The molecule has 1 aromatic rings. The third-order valence-corrected chi connectivity index (χ3v) is 4.31. The van der Waals surface area contributed by atoms with Gasteiger partial charge in [0.1, 0.15) is 0 Å². The third-order valence-electron chi connectivity index (χ3n) is 4.31. The Kier molecular flexibility index (Phi) is 5.86. The van der Waals surface area contributed by atoms with Crippen molar-refractivity contribution in [1.82, 2.24) is 9.80 Å². The topological polar surface area (TPSA) is 35.9 Å². The normalized spacial score (nSPS) is 18.8. The number of hydrogen-bond donors (Lipinski definition) is 1. The molecule has 4 heteroatoms. The van der Waals surface area contributed by atoms with Crippen molar-refractivity contribution in [3.05, 3.63) is 35.9 Å². The van der Waals surface area contributed by atoms with Crippen LogP contribution in [0.5, 0.6) is 11.5 Å². The highest BCUT2D eigenvalue weighted by Crippen LogP contribution is 2.32. The van der Waals surface area contributed by atoms with Crippen LogP contribution in [0.25, 0.3) is 0 Å². The molecule has 0 aliphatic carbocycles. The van der Waals surface area contributed by atoms with Crippen LogP contribution in [0.2, 0.25) is 0 Å². The van der Waals surface area contributed by atoms with E-state index in [4.69, 9.17) is 4.74 Å². The minimum atomic E-state index is 0.228. The Bertz CT molecular complexity index is 516. The maximum atomic E-state index is 10.1. The monoisotopic (exact) mass is 304 g/mol. The maximum Gasteiger partial charge on any atom is 0.161 e. The Labute approximate surface area is 134 Å². The second-order valence-electron chi connectivity index (χ2n) is 6.41. The highest BCUT2D eigenvalue weighted by atomic mass is 16.5. The molecule has 1 heterocycles. The number of ether oxygens (including phenoxy) is 1. The Morgan fingerprint density at radius 3 is 2.86 bits per heavy atom. The molecule has 0 bridgehead atoms. The number of likely N-dealkylation sites (tertiary alicyclic amines) is 1. The van der Waals surface area contributed by atoms with Crippen LogP contribution >= 0.6 is 0 Å². The summed E-state index contributed by atoms with van der Waals surface area (Å²) in [6, 6.07) is 3.98. The standard InChI is InChI=1S/C18H28N2O2/c1-5-6-16-9-15(10-17(22-4)18(16)21)13-20(3)12-14-7-8-19(2)11-14/h5,9-10,14,21H,1,6-8,11-13H2,2-4H3/t14-/m1/s1. The van der Waals surface area contributed by atoms with Crippen molar-refractivity contribution >= 4 is 0 Å². The zero-order chi connectivity index (χ0) is 16.1. The van der Waals surface area contributed by atoms with E-state index < -0.39 is 0 Å². The Hall–Kier alpha value is -1.52. The molecule has 0 unspecified atom stereocenters. The van der Waals surface area contributed by atoms with Crippen molar-refractivity contribution in [3.63, 3.8) is 0 Å². The van der Waals surface area contributed by atoms with Crippen molar-refractivity contribution in [2.24, 2.45) is 5.92 Å². The van der Waals surface area contributed by atoms with Crippen LogP contribution in [0.1, 0.15) is 17.5 Å². The molecule has 2 rings (SSSR count). The molecule has 1 aliphatic heterocycles. The summed E-state index contributed by atoms with van der Waals surface area (Å²) in [6.07, 6.45) is 3.73. The van der Waals surface area contributed by atoms with E-state index in [2.05, 4.69) is 36.5 Å². The van der Waals surface area contributed by atoms with Gasteiger partial charge in [0.2, 0.25) is 0 Å². The van der Waals surface area contributed by atoms with Gasteiger partial charge in [-0.05, 0) is 51.0 Å². The third kappa shape index (κ3) is 4.24. The van der Waals surface area contributed by atoms with E-state index in [9.17, 15) is 5.11 Å². The smallest absolute Gasteiger partial charge is 0.161 e. The molecule has 0 spiro atoms. The zero-order valence-corrected chi connectivity index (χ0v) is 14.0.